The molecule has 1 saturated heterocycles. The van der Waals surface area contributed by atoms with Gasteiger partial charge in [-0.3, -0.25) is 19.8 Å². The molecule has 3 rings (SSSR count). The molecule has 2 aromatic rings. The summed E-state index contributed by atoms with van der Waals surface area (Å²) < 4.78 is 5.25. The average Bonchev–Trinajstić information content (AvgIpc) is 2.95. The number of non-ortho nitro benzene ring substituents is 1. The standard InChI is InChI=1S/C22H27N3O4/c1-16-7-10-18(25(27)28)14-20(16)23-22(26)15-24-13-5-3-4-6-21(24)17-8-11-19(29-2)12-9-17/h7-12,14,21H,3-6,13,15H2,1-2H3,(H,23,26). The van der Waals surface area contributed by atoms with E-state index >= 15 is 0 Å². The molecule has 0 aromatic heterocycles. The van der Waals surface area contributed by atoms with E-state index in [-0.39, 0.29) is 24.2 Å². The molecule has 1 heterocycles. The minimum absolute atomic E-state index is 0.0308. The van der Waals surface area contributed by atoms with Crippen molar-refractivity contribution < 1.29 is 14.5 Å². The number of carbonyl (C=O) groups is 1. The number of nitrogens with zero attached hydrogens (tertiary/aromatic N) is 2. The van der Waals surface area contributed by atoms with E-state index in [4.69, 9.17) is 4.74 Å². The number of ether oxygens (including phenoxy) is 1. The Morgan fingerprint density at radius 1 is 1.21 bits per heavy atom. The highest BCUT2D eigenvalue weighted by Gasteiger charge is 2.25. The van der Waals surface area contributed by atoms with Crippen LogP contribution in [0.5, 0.6) is 5.75 Å². The van der Waals surface area contributed by atoms with E-state index in [1.807, 2.05) is 19.1 Å². The van der Waals surface area contributed by atoms with E-state index in [1.165, 1.54) is 17.7 Å². The summed E-state index contributed by atoms with van der Waals surface area (Å²) >= 11 is 0. The monoisotopic (exact) mass is 397 g/mol. The Kier molecular flexibility index (Phi) is 6.82. The third kappa shape index (κ3) is 5.32. The molecule has 7 heteroatoms. The summed E-state index contributed by atoms with van der Waals surface area (Å²) in [5.74, 6) is 0.654. The predicted molar refractivity (Wildman–Crippen MR) is 112 cm³/mol. The maximum absolute atomic E-state index is 12.8. The molecule has 0 radical (unpaired) electrons. The van der Waals surface area contributed by atoms with Gasteiger partial charge < -0.3 is 10.1 Å². The zero-order chi connectivity index (χ0) is 20.8. The van der Waals surface area contributed by atoms with Crippen molar-refractivity contribution in [2.45, 2.75) is 38.6 Å². The van der Waals surface area contributed by atoms with Gasteiger partial charge in [-0.05, 0) is 49.6 Å². The summed E-state index contributed by atoms with van der Waals surface area (Å²) in [7, 11) is 1.65. The van der Waals surface area contributed by atoms with Crippen LogP contribution >= 0.6 is 0 Å². The van der Waals surface area contributed by atoms with Crippen LogP contribution in [0.3, 0.4) is 0 Å². The van der Waals surface area contributed by atoms with Gasteiger partial charge in [0, 0.05) is 18.2 Å². The average molecular weight is 397 g/mol. The van der Waals surface area contributed by atoms with Crippen molar-refractivity contribution in [3.63, 3.8) is 0 Å². The van der Waals surface area contributed by atoms with Crippen molar-refractivity contribution in [2.24, 2.45) is 0 Å². The van der Waals surface area contributed by atoms with Gasteiger partial charge in [0.2, 0.25) is 5.91 Å². The second kappa shape index (κ2) is 9.52. The van der Waals surface area contributed by atoms with E-state index < -0.39 is 4.92 Å². The van der Waals surface area contributed by atoms with Crippen LogP contribution in [0.4, 0.5) is 11.4 Å². The SMILES string of the molecule is COc1ccc(C2CCCCCN2CC(=O)Nc2cc([N+](=O)[O-])ccc2C)cc1. The topological polar surface area (TPSA) is 84.7 Å². The van der Waals surface area contributed by atoms with E-state index in [0.29, 0.717) is 5.69 Å². The van der Waals surface area contributed by atoms with Gasteiger partial charge in [-0.25, -0.2) is 0 Å². The summed E-state index contributed by atoms with van der Waals surface area (Å²) in [6, 6.07) is 12.7. The second-order valence-corrected chi connectivity index (χ2v) is 7.41. The fraction of sp³-hybridized carbons (Fsp3) is 0.409. The lowest BCUT2D eigenvalue weighted by atomic mass is 10.0. The summed E-state index contributed by atoms with van der Waals surface area (Å²) in [6.07, 6.45) is 4.32. The molecule has 0 spiro atoms. The molecule has 7 nitrogen and oxygen atoms in total. The number of amides is 1. The van der Waals surface area contributed by atoms with Crippen LogP contribution in [0.1, 0.15) is 42.9 Å². The minimum atomic E-state index is -0.455. The van der Waals surface area contributed by atoms with Gasteiger partial charge in [0.1, 0.15) is 5.75 Å². The number of benzene rings is 2. The molecular formula is C22H27N3O4. The van der Waals surface area contributed by atoms with Crippen LogP contribution in [0.15, 0.2) is 42.5 Å². The Balaban J connectivity index is 1.74. The molecule has 154 valence electrons. The van der Waals surface area contributed by atoms with Gasteiger partial charge in [-0.15, -0.1) is 0 Å². The molecule has 1 aliphatic heterocycles. The summed E-state index contributed by atoms with van der Waals surface area (Å²) in [5, 5.41) is 13.9. The number of methoxy groups -OCH3 is 1. The largest absolute Gasteiger partial charge is 0.497 e. The van der Waals surface area contributed by atoms with E-state index in [2.05, 4.69) is 22.3 Å². The summed E-state index contributed by atoms with van der Waals surface area (Å²) in [6.45, 7) is 2.92. The van der Waals surface area contributed by atoms with Gasteiger partial charge in [-0.1, -0.05) is 31.0 Å². The third-order valence-corrected chi connectivity index (χ3v) is 5.42. The summed E-state index contributed by atoms with van der Waals surface area (Å²) in [5.41, 5.74) is 2.43. The van der Waals surface area contributed by atoms with E-state index in [9.17, 15) is 14.9 Å². The Hall–Kier alpha value is -2.93. The number of rotatable bonds is 6. The maximum atomic E-state index is 12.8. The van der Waals surface area contributed by atoms with E-state index in [0.717, 1.165) is 43.5 Å². The highest BCUT2D eigenvalue weighted by molar-refractivity contribution is 5.93. The quantitative estimate of drug-likeness (QED) is 0.574. The lowest BCUT2D eigenvalue weighted by Crippen LogP contribution is -2.36. The molecule has 1 atom stereocenters. The highest BCUT2D eigenvalue weighted by atomic mass is 16.6. The van der Waals surface area contributed by atoms with Gasteiger partial charge in [0.25, 0.3) is 5.69 Å². The predicted octanol–water partition coefficient (Wildman–Crippen LogP) is 4.47. The number of hydrogen-bond donors (Lipinski definition) is 1. The Labute approximate surface area is 170 Å². The Bertz CT molecular complexity index is 867. The van der Waals surface area contributed by atoms with Gasteiger partial charge in [0.15, 0.2) is 0 Å². The first kappa shape index (κ1) is 20.8. The first-order valence-electron chi connectivity index (χ1n) is 9.91. The molecule has 1 unspecified atom stereocenters. The minimum Gasteiger partial charge on any atom is -0.497 e. The van der Waals surface area contributed by atoms with Crippen LogP contribution in [0, 0.1) is 17.0 Å². The smallest absolute Gasteiger partial charge is 0.271 e. The zero-order valence-corrected chi connectivity index (χ0v) is 16.9. The first-order valence-corrected chi connectivity index (χ1v) is 9.91. The molecular weight excluding hydrogens is 370 g/mol. The molecule has 29 heavy (non-hydrogen) atoms. The molecule has 1 amide bonds. The molecule has 2 aromatic carbocycles. The highest BCUT2D eigenvalue weighted by Crippen LogP contribution is 2.31. The molecule has 1 aliphatic rings. The van der Waals surface area contributed by atoms with Gasteiger partial charge in [-0.2, -0.15) is 0 Å². The van der Waals surface area contributed by atoms with Gasteiger partial charge >= 0.3 is 0 Å². The van der Waals surface area contributed by atoms with Gasteiger partial charge in [0.05, 0.1) is 24.3 Å². The number of nitro benzene ring substituents is 1. The number of hydrogen-bond acceptors (Lipinski definition) is 5. The number of carbonyl (C=O) groups excluding carboxylic acids is 1. The van der Waals surface area contributed by atoms with Crippen LogP contribution in [0.25, 0.3) is 0 Å². The Morgan fingerprint density at radius 3 is 2.66 bits per heavy atom. The van der Waals surface area contributed by atoms with E-state index in [1.54, 1.807) is 13.2 Å². The zero-order valence-electron chi connectivity index (χ0n) is 16.9. The Morgan fingerprint density at radius 2 is 1.97 bits per heavy atom. The first-order chi connectivity index (χ1) is 14.0. The van der Waals surface area contributed by atoms with Crippen LogP contribution in [-0.2, 0) is 4.79 Å². The fourth-order valence-electron chi connectivity index (χ4n) is 3.79. The van der Waals surface area contributed by atoms with Crippen molar-refractivity contribution in [1.29, 1.82) is 0 Å². The molecule has 1 N–H and O–H groups in total. The van der Waals surface area contributed by atoms with Crippen LogP contribution in [-0.4, -0.2) is 35.9 Å². The third-order valence-electron chi connectivity index (χ3n) is 5.42. The molecule has 1 fully saturated rings. The fourth-order valence-corrected chi connectivity index (χ4v) is 3.79. The van der Waals surface area contributed by atoms with Crippen LogP contribution < -0.4 is 10.1 Å². The van der Waals surface area contributed by atoms with Crippen LogP contribution in [0.2, 0.25) is 0 Å². The maximum Gasteiger partial charge on any atom is 0.271 e. The lowest BCUT2D eigenvalue weighted by molar-refractivity contribution is -0.384. The number of anilines is 1. The number of nitro groups is 1. The molecule has 0 bridgehead atoms. The number of nitrogens with one attached hydrogen (secondary N) is 1. The van der Waals surface area contributed by atoms with Crippen molar-refractivity contribution >= 4 is 17.3 Å². The summed E-state index contributed by atoms with van der Waals surface area (Å²) in [4.78, 5) is 25.5. The molecule has 0 aliphatic carbocycles. The normalized spacial score (nSPS) is 17.4. The van der Waals surface area contributed by atoms with Crippen molar-refractivity contribution in [3.8, 4) is 5.75 Å². The van der Waals surface area contributed by atoms with Crippen molar-refractivity contribution in [2.75, 3.05) is 25.5 Å². The number of aryl methyl sites for hydroxylation is 1. The second-order valence-electron chi connectivity index (χ2n) is 7.41. The van der Waals surface area contributed by atoms with Crippen molar-refractivity contribution in [1.82, 2.24) is 4.90 Å². The lowest BCUT2D eigenvalue weighted by Gasteiger charge is -2.30. The van der Waals surface area contributed by atoms with Crippen molar-refractivity contribution in [3.05, 3.63) is 63.7 Å². The molecule has 0 saturated carbocycles. The number of likely N-dealkylation sites (tertiary alicyclic amines) is 1.